The average molecular weight is 693 g/mol. The zero-order valence-corrected chi connectivity index (χ0v) is 24.9. The second kappa shape index (κ2) is 13.1. The second-order valence-electron chi connectivity index (χ2n) is 9.64. The Labute approximate surface area is 249 Å². The molecule has 1 unspecified atom stereocenters. The third kappa shape index (κ3) is 6.70. The Morgan fingerprint density at radius 3 is 2.05 bits per heavy atom. The molecule has 8 nitrogen and oxygen atoms in total. The van der Waals surface area contributed by atoms with Crippen LogP contribution in [0.5, 0.6) is 0 Å². The molecule has 1 saturated heterocycles. The Kier molecular flexibility index (Phi) is 9.80. The van der Waals surface area contributed by atoms with Gasteiger partial charge in [-0.2, -0.15) is 61.6 Å². The topological polar surface area (TPSA) is 43.5 Å². The molecule has 0 saturated carbocycles. The van der Waals surface area contributed by atoms with Gasteiger partial charge in [0.05, 0.1) is 0 Å². The Hall–Kier alpha value is -2.75. The number of benzene rings is 2. The number of anilines is 2. The average Bonchev–Trinajstić information content (AvgIpc) is 3.67. The van der Waals surface area contributed by atoms with Crippen molar-refractivity contribution in [1.82, 2.24) is 29.7 Å². The predicted molar refractivity (Wildman–Crippen MR) is 159 cm³/mol. The molecule has 39 heavy (non-hydrogen) atoms. The number of hydrogen-bond acceptors (Lipinski definition) is 8. The molecule has 4 aliphatic heterocycles. The summed E-state index contributed by atoms with van der Waals surface area (Å²) in [6, 6.07) is 17.5. The van der Waals surface area contributed by atoms with Gasteiger partial charge in [0.25, 0.3) is 14.5 Å². The summed E-state index contributed by atoms with van der Waals surface area (Å²) < 4.78 is 2.05. The van der Waals surface area contributed by atoms with Crippen molar-refractivity contribution in [3.05, 3.63) is 125 Å². The van der Waals surface area contributed by atoms with Crippen LogP contribution in [0.3, 0.4) is 0 Å². The van der Waals surface area contributed by atoms with E-state index in [1.54, 1.807) is 0 Å². The number of hydrogen-bond donors (Lipinski definition) is 2. The summed E-state index contributed by atoms with van der Waals surface area (Å²) >= 11 is 0. The maximum absolute atomic E-state index is 4.23. The Morgan fingerprint density at radius 1 is 0.872 bits per heavy atom. The van der Waals surface area contributed by atoms with Crippen molar-refractivity contribution in [2.45, 2.75) is 5.82 Å². The maximum atomic E-state index is 4.23. The van der Waals surface area contributed by atoms with Crippen molar-refractivity contribution in [1.29, 1.82) is 0 Å². The van der Waals surface area contributed by atoms with Crippen LogP contribution in [-0.2, 0) is 20.1 Å². The van der Waals surface area contributed by atoms with Crippen molar-refractivity contribution in [2.24, 2.45) is 0 Å². The largest absolute Gasteiger partial charge is 0.533 e. The van der Waals surface area contributed by atoms with Gasteiger partial charge in [0, 0.05) is 20.1 Å². The van der Waals surface area contributed by atoms with Crippen LogP contribution < -0.4 is 25.5 Å². The molecule has 1 atom stereocenters. The van der Waals surface area contributed by atoms with E-state index in [1.165, 1.54) is 0 Å². The fraction of sp³-hybridized carbons (Fsp3) is 0.148. The van der Waals surface area contributed by atoms with Crippen LogP contribution in [0.2, 0.25) is 5.82 Å². The first-order valence-electron chi connectivity index (χ1n) is 12.6. The van der Waals surface area contributed by atoms with Crippen LogP contribution in [0.4, 0.5) is 11.4 Å². The molecule has 12 heteroatoms. The normalized spacial score (nSPS) is 20.4. The van der Waals surface area contributed by atoms with Gasteiger partial charge in [-0.15, -0.1) is 11.9 Å². The smallest absolute Gasteiger partial charge is 0.285 e. The molecule has 2 N–H and O–H groups in total. The van der Waals surface area contributed by atoms with E-state index in [0.717, 1.165) is 22.4 Å². The van der Waals surface area contributed by atoms with E-state index < -0.39 is 0 Å². The van der Waals surface area contributed by atoms with Crippen molar-refractivity contribution < 1.29 is 20.1 Å². The number of rotatable bonds is 4. The number of nitrogens with one attached hydrogen (secondary N) is 2. The summed E-state index contributed by atoms with van der Waals surface area (Å²) in [5.74, 6) is 0.312. The van der Waals surface area contributed by atoms with Crippen LogP contribution in [0.15, 0.2) is 79.5 Å². The molecule has 1 fully saturated rings. The third-order valence-electron chi connectivity index (χ3n) is 6.75. The summed E-state index contributed by atoms with van der Waals surface area (Å²) in [5.41, 5.74) is 4.29. The minimum Gasteiger partial charge on any atom is -0.533 e. The molecular formula is C27H32B3IrN8-6. The van der Waals surface area contributed by atoms with Crippen molar-refractivity contribution in [3.63, 3.8) is 0 Å². The van der Waals surface area contributed by atoms with Gasteiger partial charge in [0.2, 0.25) is 6.98 Å². The van der Waals surface area contributed by atoms with Gasteiger partial charge in [-0.3, -0.25) is 0 Å². The Balaban J connectivity index is 0.000000176. The van der Waals surface area contributed by atoms with Crippen LogP contribution in [0.25, 0.3) is 0 Å². The molecule has 2 aromatic rings. The second-order valence-corrected chi connectivity index (χ2v) is 9.64. The van der Waals surface area contributed by atoms with Gasteiger partial charge in [-0.05, 0) is 52.1 Å². The minimum absolute atomic E-state index is 0. The van der Waals surface area contributed by atoms with E-state index in [2.05, 4.69) is 92.8 Å². The maximum Gasteiger partial charge on any atom is 0.285 e. The van der Waals surface area contributed by atoms with Crippen LogP contribution in [0, 0.1) is 39.9 Å². The Bertz CT molecular complexity index is 1140. The van der Waals surface area contributed by atoms with Crippen LogP contribution in [-0.4, -0.2) is 62.1 Å². The number of nitrogens with zero attached hydrogens (tertiary/aromatic N) is 6. The van der Waals surface area contributed by atoms with E-state index in [9.17, 15) is 0 Å². The van der Waals surface area contributed by atoms with E-state index in [0.29, 0.717) is 5.82 Å². The van der Waals surface area contributed by atoms with Crippen LogP contribution in [0.1, 0.15) is 5.56 Å². The van der Waals surface area contributed by atoms with E-state index >= 15 is 0 Å². The molecule has 0 aromatic heterocycles. The minimum atomic E-state index is 0. The zero-order chi connectivity index (χ0) is 26.6. The first kappa shape index (κ1) is 29.2. The summed E-state index contributed by atoms with van der Waals surface area (Å²) in [6.07, 6.45) is 12.4. The molecule has 4 heterocycles. The SMILES string of the molecule is [CH2-]N1B(c2[c-]cccc2)N[B]NB1C1C=CN(C)[CH-]1.[CH2-]c1c(N2C=CN(C)[CH-]2)cccc1N1C=CN(C)[CH-]1.[Ir]. The fourth-order valence-corrected chi connectivity index (χ4v) is 4.77. The summed E-state index contributed by atoms with van der Waals surface area (Å²) in [7, 11) is 12.2. The quantitative estimate of drug-likeness (QED) is 0.373. The van der Waals surface area contributed by atoms with Gasteiger partial charge in [-0.25, -0.2) is 6.54 Å². The first-order chi connectivity index (χ1) is 18.4. The molecule has 0 amide bonds. The van der Waals surface area contributed by atoms with E-state index in [1.807, 2.05) is 94.8 Å². The molecule has 0 spiro atoms. The third-order valence-corrected chi connectivity index (χ3v) is 6.75. The molecule has 204 valence electrons. The van der Waals surface area contributed by atoms with Gasteiger partial charge in [-0.1, -0.05) is 29.6 Å². The molecular weight excluding hydrogens is 661 g/mol. The van der Waals surface area contributed by atoms with Gasteiger partial charge >= 0.3 is 0 Å². The summed E-state index contributed by atoms with van der Waals surface area (Å²) in [5, 5.41) is 6.63. The predicted octanol–water partition coefficient (Wildman–Crippen LogP) is 2.03. The zero-order valence-electron chi connectivity index (χ0n) is 22.5. The molecule has 0 aliphatic carbocycles. The van der Waals surface area contributed by atoms with E-state index in [-0.39, 0.29) is 34.1 Å². The van der Waals surface area contributed by atoms with Gasteiger partial charge in [0.15, 0.2) is 0 Å². The standard InChI is InChI=1S/C15H17N4.C12H15B3N4.Ir/c1-13-14(18-9-7-16(2)11-18)5-4-6-15(13)19-10-8-17(3)12-19;1-18-9-8-12(10-18)15-17-13-16-14(19(15)2)11-6-4-3-5-7-11;/h4-12H,1H2,2-3H3;3-6,8-10,12,16-17H,2H2,1H3;/q2*-3;. The van der Waals surface area contributed by atoms with Crippen molar-refractivity contribution in [2.75, 3.05) is 30.9 Å². The van der Waals surface area contributed by atoms with Crippen LogP contribution >= 0.6 is 0 Å². The summed E-state index contributed by atoms with van der Waals surface area (Å²) in [6.45, 7) is 10.7. The first-order valence-corrected chi connectivity index (χ1v) is 12.6. The monoisotopic (exact) mass is 694 g/mol. The summed E-state index contributed by atoms with van der Waals surface area (Å²) in [4.78, 5) is 10.3. The molecule has 2 radical (unpaired) electrons. The molecule has 0 bridgehead atoms. The fourth-order valence-electron chi connectivity index (χ4n) is 4.77. The van der Waals surface area contributed by atoms with Crippen molar-refractivity contribution >= 4 is 38.4 Å². The molecule has 4 aliphatic rings. The molecule has 2 aromatic carbocycles. The van der Waals surface area contributed by atoms with Gasteiger partial charge in [0.1, 0.15) is 0 Å². The van der Waals surface area contributed by atoms with E-state index in [4.69, 9.17) is 0 Å². The molecule has 6 rings (SSSR count). The van der Waals surface area contributed by atoms with Crippen molar-refractivity contribution in [3.8, 4) is 0 Å². The van der Waals surface area contributed by atoms with Gasteiger partial charge < -0.3 is 46.5 Å². The Morgan fingerprint density at radius 2 is 1.54 bits per heavy atom.